The van der Waals surface area contributed by atoms with Gasteiger partial charge in [-0.1, -0.05) is 12.7 Å². The second kappa shape index (κ2) is 6.71. The van der Waals surface area contributed by atoms with Crippen molar-refractivity contribution >= 4 is 5.69 Å². The lowest BCUT2D eigenvalue weighted by Gasteiger charge is -2.34. The third kappa shape index (κ3) is 3.28. The minimum absolute atomic E-state index is 0.219. The summed E-state index contributed by atoms with van der Waals surface area (Å²) < 4.78 is 18.5. The van der Waals surface area contributed by atoms with Crippen LogP contribution in [0, 0.1) is 11.7 Å². The van der Waals surface area contributed by atoms with E-state index in [4.69, 9.17) is 4.74 Å². The second-order valence-corrected chi connectivity index (χ2v) is 5.12. The lowest BCUT2D eigenvalue weighted by molar-refractivity contribution is 0.0754. The fraction of sp³-hybridized carbons (Fsp3) is 0.412. The molecule has 0 aliphatic carbocycles. The molecule has 0 amide bonds. The number of hydrogen-bond donors (Lipinski definition) is 0. The summed E-state index contributed by atoms with van der Waals surface area (Å²) in [6, 6.07) is 6.57. The fourth-order valence-corrected chi connectivity index (χ4v) is 2.53. The number of hydrogen-bond acceptors (Lipinski definition) is 2. The minimum Gasteiger partial charge on any atom is -0.381 e. The Morgan fingerprint density at radius 1 is 1.30 bits per heavy atom. The summed E-state index contributed by atoms with van der Waals surface area (Å²) in [5, 5.41) is 0. The summed E-state index contributed by atoms with van der Waals surface area (Å²) in [4.78, 5) is 2.12. The Bertz CT molecular complexity index is 486. The van der Waals surface area contributed by atoms with Gasteiger partial charge in [0.05, 0.1) is 0 Å². The maximum absolute atomic E-state index is 13.1. The van der Waals surface area contributed by atoms with Crippen LogP contribution in [0.3, 0.4) is 0 Å². The van der Waals surface area contributed by atoms with Crippen molar-refractivity contribution in [2.45, 2.75) is 26.7 Å². The normalized spacial score (nSPS) is 17.1. The molecule has 1 fully saturated rings. The van der Waals surface area contributed by atoms with E-state index < -0.39 is 0 Å². The van der Waals surface area contributed by atoms with Crippen molar-refractivity contribution in [3.63, 3.8) is 0 Å². The Kier molecular flexibility index (Phi) is 4.96. The fourth-order valence-electron chi connectivity index (χ4n) is 2.53. The van der Waals surface area contributed by atoms with E-state index >= 15 is 0 Å². The number of halogens is 1. The summed E-state index contributed by atoms with van der Waals surface area (Å²) in [5.41, 5.74) is 3.13. The largest absolute Gasteiger partial charge is 0.381 e. The van der Waals surface area contributed by atoms with Gasteiger partial charge >= 0.3 is 0 Å². The SMILES string of the molecule is C=C(C1CCOCC1)N(/C(C)=C/C)c1ccc(F)cc1. The van der Waals surface area contributed by atoms with Crippen LogP contribution in [0.15, 0.2) is 48.3 Å². The number of benzene rings is 1. The van der Waals surface area contributed by atoms with E-state index in [2.05, 4.69) is 11.5 Å². The molecule has 2 rings (SSSR count). The molecule has 20 heavy (non-hydrogen) atoms. The zero-order valence-corrected chi connectivity index (χ0v) is 12.2. The molecular formula is C17H22FNO. The molecule has 0 unspecified atom stereocenters. The van der Waals surface area contributed by atoms with Crippen molar-refractivity contribution in [3.8, 4) is 0 Å². The molecule has 0 atom stereocenters. The molecule has 3 heteroatoms. The first-order valence-corrected chi connectivity index (χ1v) is 7.08. The number of ether oxygens (including phenoxy) is 1. The van der Waals surface area contributed by atoms with Gasteiger partial charge in [-0.2, -0.15) is 0 Å². The monoisotopic (exact) mass is 275 g/mol. The number of nitrogens with zero attached hydrogens (tertiary/aromatic N) is 1. The topological polar surface area (TPSA) is 12.5 Å². The molecule has 1 aromatic rings. The van der Waals surface area contributed by atoms with Gasteiger partial charge in [-0.3, -0.25) is 0 Å². The Hall–Kier alpha value is -1.61. The molecule has 0 N–H and O–H groups in total. The number of anilines is 1. The molecule has 0 bridgehead atoms. The molecule has 1 heterocycles. The molecule has 2 nitrogen and oxygen atoms in total. The highest BCUT2D eigenvalue weighted by Gasteiger charge is 2.23. The lowest BCUT2D eigenvalue weighted by atomic mass is 9.95. The molecule has 0 aromatic heterocycles. The van der Waals surface area contributed by atoms with Crippen LogP contribution in [-0.2, 0) is 4.74 Å². The van der Waals surface area contributed by atoms with E-state index in [0.29, 0.717) is 5.92 Å². The zero-order valence-electron chi connectivity index (χ0n) is 12.2. The van der Waals surface area contributed by atoms with Crippen molar-refractivity contribution in [1.29, 1.82) is 0 Å². The van der Waals surface area contributed by atoms with Gasteiger partial charge in [0.1, 0.15) is 5.82 Å². The van der Waals surface area contributed by atoms with Crippen molar-refractivity contribution in [3.05, 3.63) is 54.1 Å². The molecule has 1 aromatic carbocycles. The quantitative estimate of drug-likeness (QED) is 0.802. The maximum Gasteiger partial charge on any atom is 0.123 e. The van der Waals surface area contributed by atoms with E-state index in [9.17, 15) is 4.39 Å². The van der Waals surface area contributed by atoms with Crippen LogP contribution >= 0.6 is 0 Å². The molecule has 0 spiro atoms. The van der Waals surface area contributed by atoms with Crippen molar-refractivity contribution < 1.29 is 9.13 Å². The number of rotatable bonds is 4. The maximum atomic E-state index is 13.1. The first-order valence-electron chi connectivity index (χ1n) is 7.08. The smallest absolute Gasteiger partial charge is 0.123 e. The second-order valence-electron chi connectivity index (χ2n) is 5.12. The van der Waals surface area contributed by atoms with E-state index in [0.717, 1.165) is 43.1 Å². The van der Waals surface area contributed by atoms with E-state index in [1.807, 2.05) is 19.9 Å². The van der Waals surface area contributed by atoms with Crippen molar-refractivity contribution in [2.24, 2.45) is 5.92 Å². The van der Waals surface area contributed by atoms with E-state index in [-0.39, 0.29) is 5.82 Å². The van der Waals surface area contributed by atoms with E-state index in [1.165, 1.54) is 12.1 Å². The van der Waals surface area contributed by atoms with Crippen LogP contribution < -0.4 is 4.90 Å². The molecule has 1 aliphatic rings. The predicted molar refractivity (Wildman–Crippen MR) is 81.0 cm³/mol. The molecule has 108 valence electrons. The predicted octanol–water partition coefficient (Wildman–Crippen LogP) is 4.50. The van der Waals surface area contributed by atoms with Crippen LogP contribution in [0.25, 0.3) is 0 Å². The Labute approximate surface area is 120 Å². The Morgan fingerprint density at radius 3 is 2.45 bits per heavy atom. The third-order valence-corrected chi connectivity index (χ3v) is 3.84. The van der Waals surface area contributed by atoms with Gasteiger partial charge in [-0.25, -0.2) is 4.39 Å². The zero-order chi connectivity index (χ0) is 14.5. The summed E-state index contributed by atoms with van der Waals surface area (Å²) in [6.45, 7) is 9.91. The molecule has 1 aliphatic heterocycles. The average Bonchev–Trinajstić information content (AvgIpc) is 2.50. The van der Waals surface area contributed by atoms with Gasteiger partial charge < -0.3 is 9.64 Å². The van der Waals surface area contributed by atoms with Crippen LogP contribution in [0.5, 0.6) is 0 Å². The standard InChI is InChI=1S/C17H22FNO/c1-4-13(2)19(17-7-5-16(18)6-8-17)14(3)15-9-11-20-12-10-15/h4-8,15H,3,9-12H2,1-2H3/b13-4+. The highest BCUT2D eigenvalue weighted by Crippen LogP contribution is 2.32. The van der Waals surface area contributed by atoms with E-state index in [1.54, 1.807) is 12.1 Å². The average molecular weight is 275 g/mol. The highest BCUT2D eigenvalue weighted by molar-refractivity contribution is 5.57. The Balaban J connectivity index is 2.27. The Morgan fingerprint density at radius 2 is 1.90 bits per heavy atom. The van der Waals surface area contributed by atoms with Crippen LogP contribution in [-0.4, -0.2) is 13.2 Å². The number of allylic oxidation sites excluding steroid dienone is 3. The van der Waals surface area contributed by atoms with Gasteiger partial charge in [-0.15, -0.1) is 0 Å². The molecule has 1 saturated heterocycles. The van der Waals surface area contributed by atoms with Crippen molar-refractivity contribution in [2.75, 3.05) is 18.1 Å². The lowest BCUT2D eigenvalue weighted by Crippen LogP contribution is -2.28. The van der Waals surface area contributed by atoms with Gasteiger partial charge in [0, 0.05) is 36.2 Å². The first-order chi connectivity index (χ1) is 9.63. The highest BCUT2D eigenvalue weighted by atomic mass is 19.1. The van der Waals surface area contributed by atoms with Crippen molar-refractivity contribution in [1.82, 2.24) is 0 Å². The summed E-state index contributed by atoms with van der Waals surface area (Å²) >= 11 is 0. The molecular weight excluding hydrogens is 253 g/mol. The van der Waals surface area contributed by atoms with Gasteiger partial charge in [0.25, 0.3) is 0 Å². The summed E-state index contributed by atoms with van der Waals surface area (Å²) in [6.07, 6.45) is 4.04. The summed E-state index contributed by atoms with van der Waals surface area (Å²) in [7, 11) is 0. The van der Waals surface area contributed by atoms with Crippen LogP contribution in [0.2, 0.25) is 0 Å². The summed E-state index contributed by atoms with van der Waals surface area (Å²) in [5.74, 6) is 0.201. The third-order valence-electron chi connectivity index (χ3n) is 3.84. The minimum atomic E-state index is -0.219. The molecule has 0 radical (unpaired) electrons. The van der Waals surface area contributed by atoms with Gasteiger partial charge in [0.2, 0.25) is 0 Å². The molecule has 0 saturated carbocycles. The van der Waals surface area contributed by atoms with Crippen LogP contribution in [0.4, 0.5) is 10.1 Å². The van der Waals surface area contributed by atoms with Crippen LogP contribution in [0.1, 0.15) is 26.7 Å². The van der Waals surface area contributed by atoms with Gasteiger partial charge in [-0.05, 0) is 51.0 Å². The first kappa shape index (κ1) is 14.8. The van der Waals surface area contributed by atoms with Gasteiger partial charge in [0.15, 0.2) is 0 Å².